The number of hydrogen-bond acceptors (Lipinski definition) is 3. The van der Waals surface area contributed by atoms with Gasteiger partial charge in [-0.25, -0.2) is 4.39 Å². The molecule has 2 aliphatic heterocycles. The van der Waals surface area contributed by atoms with E-state index in [1.807, 2.05) is 17.9 Å². The Labute approximate surface area is 162 Å². The van der Waals surface area contributed by atoms with Gasteiger partial charge < -0.3 is 14.6 Å². The number of nitrogens with zero attached hydrogens (tertiary/aromatic N) is 2. The van der Waals surface area contributed by atoms with Crippen molar-refractivity contribution in [3.63, 3.8) is 0 Å². The number of hydrogen-bond donors (Lipinski definition) is 2. The predicted octanol–water partition coefficient (Wildman–Crippen LogP) is 3.64. The maximum atomic E-state index is 13.8. The van der Waals surface area contributed by atoms with Crippen molar-refractivity contribution in [1.29, 1.82) is 0 Å². The lowest BCUT2D eigenvalue weighted by Crippen LogP contribution is -2.36. The van der Waals surface area contributed by atoms with Crippen LogP contribution in [0.2, 0.25) is 0 Å². The van der Waals surface area contributed by atoms with Crippen LogP contribution < -0.4 is 0 Å². The van der Waals surface area contributed by atoms with Crippen molar-refractivity contribution in [2.24, 2.45) is 0 Å². The molecule has 6 nitrogen and oxygen atoms in total. The molecule has 2 aromatic heterocycles. The Bertz CT molecular complexity index is 1050. The number of aromatic nitrogens is 3. The van der Waals surface area contributed by atoms with Gasteiger partial charge in [0.2, 0.25) is 0 Å². The number of aryl methyl sites for hydroxylation is 1. The lowest BCUT2D eigenvalue weighted by molar-refractivity contribution is 0.0722. The van der Waals surface area contributed by atoms with Crippen molar-refractivity contribution < 1.29 is 13.9 Å². The fourth-order valence-corrected chi connectivity index (χ4v) is 4.40. The molecular formula is C21H23FN4O2. The maximum Gasteiger partial charge on any atom is 0.270 e. The number of benzene rings is 1. The van der Waals surface area contributed by atoms with Crippen LogP contribution in [0, 0.1) is 5.82 Å². The Hall–Kier alpha value is -2.67. The first kappa shape index (κ1) is 17.4. The second-order valence-electron chi connectivity index (χ2n) is 7.61. The summed E-state index contributed by atoms with van der Waals surface area (Å²) in [4.78, 5) is 18.1. The predicted molar refractivity (Wildman–Crippen MR) is 103 cm³/mol. The summed E-state index contributed by atoms with van der Waals surface area (Å²) in [5, 5.41) is 8.51. The van der Waals surface area contributed by atoms with Crippen molar-refractivity contribution >= 4 is 16.8 Å². The van der Waals surface area contributed by atoms with Crippen molar-refractivity contribution in [2.75, 3.05) is 13.2 Å². The van der Waals surface area contributed by atoms with E-state index >= 15 is 0 Å². The van der Waals surface area contributed by atoms with E-state index in [2.05, 4.69) is 15.2 Å². The summed E-state index contributed by atoms with van der Waals surface area (Å²) >= 11 is 0. The highest BCUT2D eigenvalue weighted by Gasteiger charge is 2.31. The highest BCUT2D eigenvalue weighted by Crippen LogP contribution is 2.33. The second-order valence-corrected chi connectivity index (χ2v) is 7.61. The van der Waals surface area contributed by atoms with Crippen LogP contribution in [-0.4, -0.2) is 39.1 Å². The number of carbonyl (C=O) groups excluding carboxylic acids is 1. The molecule has 1 amide bonds. The number of H-pyrrole nitrogens is 2. The molecule has 2 N–H and O–H groups in total. The highest BCUT2D eigenvalue weighted by molar-refractivity contribution is 5.99. The van der Waals surface area contributed by atoms with Gasteiger partial charge in [0.05, 0.1) is 5.69 Å². The van der Waals surface area contributed by atoms with Gasteiger partial charge in [-0.05, 0) is 43.0 Å². The summed E-state index contributed by atoms with van der Waals surface area (Å²) in [6.07, 6.45) is 3.50. The van der Waals surface area contributed by atoms with Crippen molar-refractivity contribution in [3.05, 3.63) is 52.2 Å². The molecule has 0 saturated carbocycles. The molecule has 1 fully saturated rings. The molecule has 0 aliphatic carbocycles. The van der Waals surface area contributed by atoms with E-state index < -0.39 is 0 Å². The third-order valence-electron chi connectivity index (χ3n) is 5.89. The molecule has 1 saturated heterocycles. The van der Waals surface area contributed by atoms with Gasteiger partial charge in [-0.15, -0.1) is 0 Å². The minimum absolute atomic E-state index is 0.0261. The molecule has 28 heavy (non-hydrogen) atoms. The van der Waals surface area contributed by atoms with Gasteiger partial charge in [0.1, 0.15) is 17.6 Å². The summed E-state index contributed by atoms with van der Waals surface area (Å²) in [5.41, 5.74) is 5.20. The summed E-state index contributed by atoms with van der Waals surface area (Å²) in [6.45, 7) is 3.90. The summed E-state index contributed by atoms with van der Waals surface area (Å²) in [7, 11) is 0. The van der Waals surface area contributed by atoms with Gasteiger partial charge in [-0.3, -0.25) is 9.89 Å². The van der Waals surface area contributed by atoms with Crippen molar-refractivity contribution in [1.82, 2.24) is 20.1 Å². The number of nitrogens with one attached hydrogen (secondary N) is 2. The summed E-state index contributed by atoms with van der Waals surface area (Å²) < 4.78 is 19.6. The van der Waals surface area contributed by atoms with Gasteiger partial charge in [-0.1, -0.05) is 6.92 Å². The molecule has 4 heterocycles. The molecule has 0 bridgehead atoms. The molecule has 0 radical (unpaired) electrons. The van der Waals surface area contributed by atoms with Crippen molar-refractivity contribution in [2.45, 2.75) is 45.3 Å². The number of carbonyl (C=O) groups is 1. The third-order valence-corrected chi connectivity index (χ3v) is 5.89. The van der Waals surface area contributed by atoms with Crippen LogP contribution in [0.1, 0.15) is 58.9 Å². The Morgan fingerprint density at radius 2 is 2.29 bits per heavy atom. The van der Waals surface area contributed by atoms with E-state index in [4.69, 9.17) is 4.74 Å². The molecule has 3 aromatic rings. The highest BCUT2D eigenvalue weighted by atomic mass is 19.1. The zero-order valence-corrected chi connectivity index (χ0v) is 15.8. The van der Waals surface area contributed by atoms with Crippen LogP contribution in [0.15, 0.2) is 18.2 Å². The smallest absolute Gasteiger partial charge is 0.270 e. The fourth-order valence-electron chi connectivity index (χ4n) is 4.40. The minimum atomic E-state index is -0.285. The van der Waals surface area contributed by atoms with E-state index in [9.17, 15) is 9.18 Å². The van der Waals surface area contributed by atoms with Crippen LogP contribution in [0.4, 0.5) is 4.39 Å². The Kier molecular flexibility index (Phi) is 4.19. The lowest BCUT2D eigenvalue weighted by Gasteiger charge is -2.27. The van der Waals surface area contributed by atoms with Gasteiger partial charge in [-0.2, -0.15) is 5.10 Å². The number of fused-ring (bicyclic) bond motifs is 2. The van der Waals surface area contributed by atoms with Gasteiger partial charge >= 0.3 is 0 Å². The molecule has 2 aliphatic rings. The fraction of sp³-hybridized carbons (Fsp3) is 0.429. The van der Waals surface area contributed by atoms with Crippen molar-refractivity contribution in [3.8, 4) is 0 Å². The van der Waals surface area contributed by atoms with Crippen LogP contribution in [-0.2, 0) is 24.1 Å². The number of amides is 1. The first-order valence-electron chi connectivity index (χ1n) is 9.92. The zero-order chi connectivity index (χ0) is 19.3. The van der Waals surface area contributed by atoms with Gasteiger partial charge in [0, 0.05) is 48.3 Å². The molecule has 7 heteroatoms. The lowest BCUT2D eigenvalue weighted by atomic mass is 10.0. The monoisotopic (exact) mass is 382 g/mol. The Balaban J connectivity index is 1.44. The van der Waals surface area contributed by atoms with Gasteiger partial charge in [0.25, 0.3) is 5.91 Å². The quantitative estimate of drug-likeness (QED) is 0.726. The number of halogens is 1. The zero-order valence-electron chi connectivity index (χ0n) is 15.8. The normalized spacial score (nSPS) is 19.4. The number of rotatable bonds is 3. The number of aromatic amines is 2. The largest absolute Gasteiger partial charge is 0.372 e. The molecule has 5 rings (SSSR count). The summed E-state index contributed by atoms with van der Waals surface area (Å²) in [5.74, 6) is -0.351. The summed E-state index contributed by atoms with van der Waals surface area (Å²) in [6, 6.07) is 4.84. The van der Waals surface area contributed by atoms with E-state index in [1.165, 1.54) is 12.1 Å². The molecule has 1 aromatic carbocycles. The molecule has 1 unspecified atom stereocenters. The average Bonchev–Trinajstić information content (AvgIpc) is 3.44. The van der Waals surface area contributed by atoms with Crippen LogP contribution in [0.3, 0.4) is 0 Å². The third kappa shape index (κ3) is 2.81. The Morgan fingerprint density at radius 3 is 3.07 bits per heavy atom. The van der Waals surface area contributed by atoms with E-state index in [0.29, 0.717) is 30.7 Å². The molecule has 146 valence electrons. The first-order chi connectivity index (χ1) is 13.6. The van der Waals surface area contributed by atoms with Crippen LogP contribution in [0.25, 0.3) is 10.9 Å². The van der Waals surface area contributed by atoms with E-state index in [-0.39, 0.29) is 17.8 Å². The van der Waals surface area contributed by atoms with Crippen LogP contribution >= 0.6 is 0 Å². The average molecular weight is 382 g/mol. The SMILES string of the molecule is CCc1cc(F)cc2[nH]c(C(=O)N3CCc4[nH]nc(C5CCCO5)c4C3)cc12. The molecule has 0 spiro atoms. The van der Waals surface area contributed by atoms with E-state index in [0.717, 1.165) is 53.8 Å². The standard InChI is InChI=1S/C21H23FN4O2/c1-2-12-8-13(22)9-17-14(12)10-18(23-17)21(27)26-6-5-16-15(11-26)20(25-24-16)19-4-3-7-28-19/h8-10,19,23H,2-7,11H2,1H3,(H,24,25). The molecule has 1 atom stereocenters. The maximum absolute atomic E-state index is 13.8. The Morgan fingerprint density at radius 1 is 1.39 bits per heavy atom. The molecular weight excluding hydrogens is 359 g/mol. The van der Waals surface area contributed by atoms with E-state index in [1.54, 1.807) is 0 Å². The number of ether oxygens (including phenoxy) is 1. The minimum Gasteiger partial charge on any atom is -0.372 e. The topological polar surface area (TPSA) is 74.0 Å². The second kappa shape index (κ2) is 6.74. The van der Waals surface area contributed by atoms with Crippen LogP contribution in [0.5, 0.6) is 0 Å². The first-order valence-corrected chi connectivity index (χ1v) is 9.92. The van der Waals surface area contributed by atoms with Gasteiger partial charge in [0.15, 0.2) is 0 Å².